The first-order valence-corrected chi connectivity index (χ1v) is 10.2. The number of methoxy groups -OCH3 is 1. The van der Waals surface area contributed by atoms with Crippen LogP contribution in [0.5, 0.6) is 17.2 Å². The SMILES string of the molecule is COc1ccc2occ([C@@H]3CC(=O)Oc4ccc(C(=O)c5ccccc5)c(O)c43)c(=O)c2c1. The molecule has 0 radical (unpaired) electrons. The lowest BCUT2D eigenvalue weighted by atomic mass is 9.84. The summed E-state index contributed by atoms with van der Waals surface area (Å²) in [4.78, 5) is 38.7. The van der Waals surface area contributed by atoms with Gasteiger partial charge in [0.05, 0.1) is 30.7 Å². The molecule has 7 heteroatoms. The molecule has 164 valence electrons. The van der Waals surface area contributed by atoms with Gasteiger partial charge in [0, 0.05) is 22.6 Å². The molecule has 7 nitrogen and oxygen atoms in total. The standard InChI is InChI=1S/C26H18O7/c1-31-15-7-9-20-18(11-15)25(29)19(13-32-20)17-12-22(27)33-21-10-8-16(26(30)23(17)21)24(28)14-5-3-2-4-6-14/h2-11,13,17,30H,12H2,1H3/t17-/m0/s1. The van der Waals surface area contributed by atoms with Crippen molar-refractivity contribution in [1.82, 2.24) is 0 Å². The third-order valence-electron chi connectivity index (χ3n) is 5.78. The predicted molar refractivity (Wildman–Crippen MR) is 119 cm³/mol. The molecule has 1 aliphatic heterocycles. The Hall–Kier alpha value is -4.39. The van der Waals surface area contributed by atoms with E-state index < -0.39 is 11.9 Å². The molecule has 0 saturated carbocycles. The summed E-state index contributed by atoms with van der Waals surface area (Å²) >= 11 is 0. The van der Waals surface area contributed by atoms with Gasteiger partial charge in [0.2, 0.25) is 0 Å². The molecular weight excluding hydrogens is 424 g/mol. The average molecular weight is 442 g/mol. The van der Waals surface area contributed by atoms with Crippen molar-refractivity contribution < 1.29 is 28.6 Å². The van der Waals surface area contributed by atoms with Gasteiger partial charge in [-0.3, -0.25) is 14.4 Å². The number of carbonyl (C=O) groups excluding carboxylic acids is 2. The number of ether oxygens (including phenoxy) is 2. The Morgan fingerprint density at radius 3 is 2.61 bits per heavy atom. The largest absolute Gasteiger partial charge is 0.507 e. The summed E-state index contributed by atoms with van der Waals surface area (Å²) in [6.07, 6.45) is 1.10. The van der Waals surface area contributed by atoms with Crippen LogP contribution in [-0.2, 0) is 4.79 Å². The molecule has 1 aromatic heterocycles. The second kappa shape index (κ2) is 7.94. The fraction of sp³-hybridized carbons (Fsp3) is 0.115. The molecule has 2 heterocycles. The highest BCUT2D eigenvalue weighted by Gasteiger charge is 2.35. The Morgan fingerprint density at radius 2 is 1.85 bits per heavy atom. The van der Waals surface area contributed by atoms with Crippen molar-refractivity contribution in [2.24, 2.45) is 0 Å². The third-order valence-corrected chi connectivity index (χ3v) is 5.78. The van der Waals surface area contributed by atoms with Crippen LogP contribution >= 0.6 is 0 Å². The van der Waals surface area contributed by atoms with Gasteiger partial charge in [0.15, 0.2) is 11.2 Å². The molecular formula is C26H18O7. The molecule has 1 aliphatic rings. The summed E-state index contributed by atoms with van der Waals surface area (Å²) in [5.74, 6) is -1.54. The zero-order chi connectivity index (χ0) is 23.1. The molecule has 0 spiro atoms. The van der Waals surface area contributed by atoms with Crippen molar-refractivity contribution in [2.75, 3.05) is 7.11 Å². The van der Waals surface area contributed by atoms with Crippen molar-refractivity contribution in [2.45, 2.75) is 12.3 Å². The summed E-state index contributed by atoms with van der Waals surface area (Å²) in [6.45, 7) is 0. The lowest BCUT2D eigenvalue weighted by Crippen LogP contribution is -2.25. The molecule has 0 aliphatic carbocycles. The lowest BCUT2D eigenvalue weighted by Gasteiger charge is -2.26. The van der Waals surface area contributed by atoms with E-state index in [1.165, 1.54) is 25.5 Å². The van der Waals surface area contributed by atoms with Crippen molar-refractivity contribution >= 4 is 22.7 Å². The van der Waals surface area contributed by atoms with E-state index in [4.69, 9.17) is 13.9 Å². The molecule has 1 N–H and O–H groups in total. The number of carbonyl (C=O) groups is 2. The van der Waals surface area contributed by atoms with Crippen LogP contribution in [0.3, 0.4) is 0 Å². The van der Waals surface area contributed by atoms with Crippen LogP contribution in [0, 0.1) is 0 Å². The minimum Gasteiger partial charge on any atom is -0.507 e. The van der Waals surface area contributed by atoms with Crippen molar-refractivity contribution in [3.63, 3.8) is 0 Å². The van der Waals surface area contributed by atoms with Gasteiger partial charge in [-0.2, -0.15) is 0 Å². The van der Waals surface area contributed by atoms with Gasteiger partial charge in [0.1, 0.15) is 22.8 Å². The smallest absolute Gasteiger partial charge is 0.312 e. The molecule has 1 atom stereocenters. The molecule has 0 saturated heterocycles. The van der Waals surface area contributed by atoms with Gasteiger partial charge in [-0.1, -0.05) is 30.3 Å². The van der Waals surface area contributed by atoms with E-state index in [1.807, 2.05) is 0 Å². The summed E-state index contributed by atoms with van der Waals surface area (Å²) < 4.78 is 16.2. The van der Waals surface area contributed by atoms with Crippen molar-refractivity contribution in [3.8, 4) is 17.2 Å². The highest BCUT2D eigenvalue weighted by molar-refractivity contribution is 6.11. The molecule has 33 heavy (non-hydrogen) atoms. The Bertz CT molecular complexity index is 1470. The van der Waals surface area contributed by atoms with Gasteiger partial charge in [0.25, 0.3) is 0 Å². The number of phenols is 1. The van der Waals surface area contributed by atoms with Crippen LogP contribution in [0.1, 0.15) is 39.4 Å². The van der Waals surface area contributed by atoms with E-state index >= 15 is 0 Å². The molecule has 0 bridgehead atoms. The number of benzene rings is 3. The van der Waals surface area contributed by atoms with Crippen LogP contribution < -0.4 is 14.9 Å². The number of ketones is 1. The third kappa shape index (κ3) is 3.43. The topological polar surface area (TPSA) is 103 Å². The number of rotatable bonds is 4. The number of phenolic OH excluding ortho intramolecular Hbond substituents is 1. The van der Waals surface area contributed by atoms with Gasteiger partial charge in [-0.05, 0) is 30.3 Å². The van der Waals surface area contributed by atoms with Crippen LogP contribution in [0.15, 0.2) is 76.1 Å². The summed E-state index contributed by atoms with van der Waals surface area (Å²) in [5, 5.41) is 11.4. The maximum absolute atomic E-state index is 13.3. The monoisotopic (exact) mass is 442 g/mol. The fourth-order valence-corrected chi connectivity index (χ4v) is 4.13. The van der Waals surface area contributed by atoms with E-state index in [0.29, 0.717) is 16.9 Å². The molecule has 0 amide bonds. The summed E-state index contributed by atoms with van der Waals surface area (Å²) in [5.41, 5.74) is 0.823. The average Bonchev–Trinajstić information content (AvgIpc) is 2.84. The van der Waals surface area contributed by atoms with Gasteiger partial charge in [-0.25, -0.2) is 0 Å². The summed E-state index contributed by atoms with van der Waals surface area (Å²) in [7, 11) is 1.49. The zero-order valence-corrected chi connectivity index (χ0v) is 17.5. The van der Waals surface area contributed by atoms with Crippen molar-refractivity contribution in [1.29, 1.82) is 0 Å². The molecule has 0 unspecified atom stereocenters. The first-order valence-electron chi connectivity index (χ1n) is 10.2. The van der Waals surface area contributed by atoms with Crippen LogP contribution in [0.25, 0.3) is 11.0 Å². The second-order valence-corrected chi connectivity index (χ2v) is 7.68. The van der Waals surface area contributed by atoms with Crippen LogP contribution in [0.4, 0.5) is 0 Å². The second-order valence-electron chi connectivity index (χ2n) is 7.68. The number of aromatic hydroxyl groups is 1. The van der Waals surface area contributed by atoms with Crippen LogP contribution in [0.2, 0.25) is 0 Å². The molecule has 3 aromatic carbocycles. The summed E-state index contributed by atoms with van der Waals surface area (Å²) in [6, 6.07) is 16.2. The Labute approximate surface area is 187 Å². The first kappa shape index (κ1) is 20.5. The van der Waals surface area contributed by atoms with E-state index in [2.05, 4.69) is 0 Å². The highest BCUT2D eigenvalue weighted by atomic mass is 16.5. The fourth-order valence-electron chi connectivity index (χ4n) is 4.13. The Kier molecular flexibility index (Phi) is 4.94. The first-order chi connectivity index (χ1) is 16.0. The maximum Gasteiger partial charge on any atom is 0.312 e. The van der Waals surface area contributed by atoms with Gasteiger partial charge in [-0.15, -0.1) is 0 Å². The van der Waals surface area contributed by atoms with E-state index in [0.717, 1.165) is 0 Å². The lowest BCUT2D eigenvalue weighted by molar-refractivity contribution is -0.135. The van der Waals surface area contributed by atoms with E-state index in [1.54, 1.807) is 48.5 Å². The van der Waals surface area contributed by atoms with Crippen LogP contribution in [-0.4, -0.2) is 24.0 Å². The molecule has 4 aromatic rings. The quantitative estimate of drug-likeness (QED) is 0.287. The predicted octanol–water partition coefficient (Wildman–Crippen LogP) is 4.18. The number of hydrogen-bond acceptors (Lipinski definition) is 7. The van der Waals surface area contributed by atoms with Gasteiger partial charge >= 0.3 is 5.97 Å². The maximum atomic E-state index is 13.3. The van der Waals surface area contributed by atoms with Crippen molar-refractivity contribution in [3.05, 3.63) is 99.4 Å². The number of fused-ring (bicyclic) bond motifs is 2. The zero-order valence-electron chi connectivity index (χ0n) is 17.5. The minimum absolute atomic E-state index is 0.0507. The van der Waals surface area contributed by atoms with E-state index in [-0.39, 0.29) is 51.2 Å². The number of hydrogen-bond donors (Lipinski definition) is 1. The molecule has 0 fully saturated rings. The highest BCUT2D eigenvalue weighted by Crippen LogP contribution is 2.45. The normalized spacial score (nSPS) is 15.1. The Balaban J connectivity index is 1.69. The Morgan fingerprint density at radius 1 is 1.06 bits per heavy atom. The van der Waals surface area contributed by atoms with E-state index in [9.17, 15) is 19.5 Å². The number of esters is 1. The minimum atomic E-state index is -0.850. The van der Waals surface area contributed by atoms with Gasteiger partial charge < -0.3 is 19.0 Å². The molecule has 5 rings (SSSR count).